The average Bonchev–Trinajstić information content (AvgIpc) is 4.08. The SMILES string of the molecule is CCC(C)(C)C(=O)OC(C)(C)C(C)(O)C(F)(F)F.CCC(C)(C)C(=O)OC12CC3CC(C(C)(C)O)(C1)CC(C(C)(C)O)(C3)C2.CCC(C)(C)C(=O)OC1CCOC1=O.CCC(C)(C)C(=O)OCC(=O)OC1C2CC3C1OS(=O)(=O)C3C2. The monoisotopic (exact) mass is 1180 g/mol. The van der Waals surface area contributed by atoms with Crippen molar-refractivity contribution in [3.8, 4) is 0 Å². The van der Waals surface area contributed by atoms with Crippen LogP contribution in [0.2, 0.25) is 0 Å². The van der Waals surface area contributed by atoms with Gasteiger partial charge in [-0.05, 0) is 187 Å². The van der Waals surface area contributed by atoms with E-state index in [1.54, 1.807) is 48.5 Å². The Hall–Kier alpha value is -3.60. The summed E-state index contributed by atoms with van der Waals surface area (Å²) < 4.78 is 98.2. The molecule has 8 aliphatic rings. The molecule has 0 radical (unpaired) electrons. The molecule has 468 valence electrons. The minimum atomic E-state index is -4.88. The number of esters is 6. The maximum atomic E-state index is 12.9. The maximum absolute atomic E-state index is 12.9. The van der Waals surface area contributed by atoms with Crippen LogP contribution in [-0.2, 0) is 71.5 Å². The van der Waals surface area contributed by atoms with E-state index in [1.807, 2.05) is 62.3 Å². The first-order valence-corrected chi connectivity index (χ1v) is 30.3. The summed E-state index contributed by atoms with van der Waals surface area (Å²) in [6.07, 6.45) is 2.43. The van der Waals surface area contributed by atoms with Crippen molar-refractivity contribution in [3.63, 3.8) is 0 Å². The number of halogens is 3. The molecule has 3 N–H and O–H groups in total. The van der Waals surface area contributed by atoms with Gasteiger partial charge in [-0.2, -0.15) is 21.6 Å². The molecule has 2 aliphatic heterocycles. The fraction of sp³-hybridized carbons (Fsp3) is 0.898. The first-order chi connectivity index (χ1) is 36.4. The highest BCUT2D eigenvalue weighted by Crippen LogP contribution is 2.72. The maximum Gasteiger partial charge on any atom is 0.420 e. The summed E-state index contributed by atoms with van der Waals surface area (Å²) in [5.74, 6) is -2.45. The Morgan fingerprint density at radius 1 is 0.642 bits per heavy atom. The molecule has 0 spiro atoms. The third-order valence-electron chi connectivity index (χ3n) is 19.9. The zero-order valence-corrected chi connectivity index (χ0v) is 52.5. The van der Waals surface area contributed by atoms with Crippen molar-refractivity contribution in [2.24, 2.45) is 50.2 Å². The highest BCUT2D eigenvalue weighted by atomic mass is 32.2. The smallest absolute Gasteiger partial charge is 0.420 e. The summed E-state index contributed by atoms with van der Waals surface area (Å²) in [7, 11) is -3.53. The number of fused-ring (bicyclic) bond motifs is 1. The Morgan fingerprint density at radius 3 is 1.56 bits per heavy atom. The van der Waals surface area contributed by atoms with Crippen LogP contribution in [0.5, 0.6) is 0 Å². The van der Waals surface area contributed by atoms with E-state index in [1.165, 1.54) is 0 Å². The molecule has 6 bridgehead atoms. The largest absolute Gasteiger partial charge is 0.463 e. The van der Waals surface area contributed by atoms with E-state index in [4.69, 9.17) is 32.6 Å². The highest BCUT2D eigenvalue weighted by molar-refractivity contribution is 7.87. The second-order valence-electron chi connectivity index (χ2n) is 28.5. The molecular formula is C59H97F3O18S. The minimum Gasteiger partial charge on any atom is -0.463 e. The topological polar surface area (TPSA) is 262 Å². The van der Waals surface area contributed by atoms with Gasteiger partial charge in [-0.1, -0.05) is 27.7 Å². The van der Waals surface area contributed by atoms with Crippen molar-refractivity contribution in [1.29, 1.82) is 0 Å². The standard InChI is InChI=1S/C22H38O4.C15H22O7S.C12H21F3O3.C10H16O4/c1-8-17(2,3)16(23)26-22-11-15-9-20(13-22,18(4,5)24)12-21(10-15,14-22)19(6,7)25;1-4-15(2,3)14(17)20-7-11(16)21-12-8-5-9-10(6-8)23(18,19)22-13(9)12;1-7-9(2,3)8(16)18-10(4,5)11(6,17)12(13,14)15;1-4-10(2,3)9(12)14-7-5-6-13-8(7)11/h15,24-25H,8-14H2,1-7H3;8-10,12-13H,4-7H2,1-3H3;17H,7H2,1-6H3;7H,4-6H2,1-3H3. The van der Waals surface area contributed by atoms with Gasteiger partial charge in [0, 0.05) is 29.1 Å². The summed E-state index contributed by atoms with van der Waals surface area (Å²) in [5.41, 5.74) is -10.6. The fourth-order valence-electron chi connectivity index (χ4n) is 12.0. The van der Waals surface area contributed by atoms with Crippen molar-refractivity contribution in [1.82, 2.24) is 0 Å². The van der Waals surface area contributed by atoms with Gasteiger partial charge in [-0.15, -0.1) is 0 Å². The summed E-state index contributed by atoms with van der Waals surface area (Å²) in [6, 6.07) is 0. The number of hydrogen-bond acceptors (Lipinski definition) is 18. The van der Waals surface area contributed by atoms with E-state index < -0.39 is 120 Å². The van der Waals surface area contributed by atoms with Gasteiger partial charge in [0.15, 0.2) is 12.2 Å². The molecule has 9 unspecified atom stereocenters. The lowest BCUT2D eigenvalue weighted by molar-refractivity contribution is -0.307. The normalized spacial score (nSPS) is 30.9. The minimum absolute atomic E-state index is 0.0130. The van der Waals surface area contributed by atoms with E-state index in [0.29, 0.717) is 70.8 Å². The van der Waals surface area contributed by atoms with Gasteiger partial charge in [-0.25, -0.2) is 9.59 Å². The van der Waals surface area contributed by atoms with Gasteiger partial charge < -0.3 is 43.7 Å². The molecule has 0 amide bonds. The second-order valence-corrected chi connectivity index (χ2v) is 30.3. The van der Waals surface area contributed by atoms with Crippen molar-refractivity contribution in [3.05, 3.63) is 0 Å². The molecular weight excluding hydrogens is 1090 g/mol. The number of cyclic esters (lactones) is 1. The molecule has 6 aliphatic carbocycles. The number of rotatable bonds is 17. The summed E-state index contributed by atoms with van der Waals surface area (Å²) >= 11 is 0. The molecule has 8 rings (SSSR count). The number of hydrogen-bond donors (Lipinski definition) is 3. The molecule has 0 aromatic heterocycles. The van der Waals surface area contributed by atoms with E-state index in [2.05, 4.69) is 0 Å². The Morgan fingerprint density at radius 2 is 1.11 bits per heavy atom. The molecule has 2 saturated heterocycles. The van der Waals surface area contributed by atoms with Crippen LogP contribution in [-0.4, -0.2) is 131 Å². The number of ether oxygens (including phenoxy) is 6. The van der Waals surface area contributed by atoms with Crippen LogP contribution in [0, 0.1) is 50.2 Å². The first kappa shape index (κ1) is 69.9. The summed E-state index contributed by atoms with van der Waals surface area (Å²) in [6.45, 7) is 31.8. The summed E-state index contributed by atoms with van der Waals surface area (Å²) in [5, 5.41) is 31.3. The fourth-order valence-corrected chi connectivity index (χ4v) is 13.9. The lowest BCUT2D eigenvalue weighted by Gasteiger charge is -2.70. The predicted molar refractivity (Wildman–Crippen MR) is 291 cm³/mol. The number of aliphatic hydroxyl groups is 3. The number of carbonyl (C=O) groups is 6. The predicted octanol–water partition coefficient (Wildman–Crippen LogP) is 9.57. The molecule has 81 heavy (non-hydrogen) atoms. The lowest BCUT2D eigenvalue weighted by Crippen LogP contribution is -2.70. The van der Waals surface area contributed by atoms with E-state index in [0.717, 1.165) is 46.0 Å². The van der Waals surface area contributed by atoms with Gasteiger partial charge in [0.1, 0.15) is 23.4 Å². The molecule has 9 atom stereocenters. The quantitative estimate of drug-likeness (QED) is 0.0695. The van der Waals surface area contributed by atoms with Gasteiger partial charge in [-0.3, -0.25) is 23.4 Å². The van der Waals surface area contributed by atoms with Gasteiger partial charge in [0.25, 0.3) is 10.1 Å². The first-order valence-electron chi connectivity index (χ1n) is 28.8. The molecule has 22 heteroatoms. The van der Waals surface area contributed by atoms with Crippen molar-refractivity contribution < 1.29 is 98.3 Å². The van der Waals surface area contributed by atoms with Crippen LogP contribution in [0.4, 0.5) is 13.2 Å². The third-order valence-corrected chi connectivity index (χ3v) is 21.7. The van der Waals surface area contributed by atoms with Crippen molar-refractivity contribution >= 4 is 45.9 Å². The van der Waals surface area contributed by atoms with Gasteiger partial charge >= 0.3 is 42.0 Å². The molecule has 0 aromatic rings. The van der Waals surface area contributed by atoms with Crippen LogP contribution in [0.15, 0.2) is 0 Å². The molecule has 6 saturated carbocycles. The van der Waals surface area contributed by atoms with Gasteiger partial charge in [0.05, 0.1) is 44.7 Å². The molecule has 18 nitrogen and oxygen atoms in total. The molecule has 2 heterocycles. The Labute approximate surface area is 478 Å². The van der Waals surface area contributed by atoms with E-state index >= 15 is 0 Å². The zero-order chi connectivity index (χ0) is 62.6. The summed E-state index contributed by atoms with van der Waals surface area (Å²) in [4.78, 5) is 71.1. The van der Waals surface area contributed by atoms with Crippen molar-refractivity contribution in [2.75, 3.05) is 13.2 Å². The third kappa shape index (κ3) is 14.7. The van der Waals surface area contributed by atoms with Gasteiger partial charge in [0.2, 0.25) is 6.10 Å². The van der Waals surface area contributed by atoms with Crippen molar-refractivity contribution in [2.45, 2.75) is 273 Å². The van der Waals surface area contributed by atoms with Crippen LogP contribution in [0.3, 0.4) is 0 Å². The Bertz CT molecular complexity index is 2400. The van der Waals surface area contributed by atoms with E-state index in [9.17, 15) is 65.7 Å². The second kappa shape index (κ2) is 23.7. The van der Waals surface area contributed by atoms with Crippen LogP contribution >= 0.6 is 0 Å². The molecule has 8 fully saturated rings. The zero-order valence-electron chi connectivity index (χ0n) is 51.7. The van der Waals surface area contributed by atoms with Crippen LogP contribution < -0.4 is 0 Å². The van der Waals surface area contributed by atoms with Crippen LogP contribution in [0.1, 0.15) is 215 Å². The average molecular weight is 1180 g/mol. The number of carbonyl (C=O) groups excluding carboxylic acids is 6. The highest BCUT2D eigenvalue weighted by Gasteiger charge is 2.71. The Balaban J connectivity index is 0.000000238. The van der Waals surface area contributed by atoms with E-state index in [-0.39, 0.29) is 34.6 Å². The number of alkyl halides is 3. The lowest BCUT2D eigenvalue weighted by atomic mass is 9.37. The Kier molecular flexibility index (Phi) is 20.4. The molecule has 0 aromatic carbocycles. The van der Waals surface area contributed by atoms with Crippen LogP contribution in [0.25, 0.3) is 0 Å².